The Morgan fingerprint density at radius 3 is 2.88 bits per heavy atom. The number of aromatic nitrogens is 6. The predicted molar refractivity (Wildman–Crippen MR) is 91.3 cm³/mol. The number of carbonyl (C=O) groups is 1. The third-order valence-electron chi connectivity index (χ3n) is 3.77. The first-order chi connectivity index (χ1) is 12.1. The van der Waals surface area contributed by atoms with Crippen LogP contribution in [0.5, 0.6) is 0 Å². The van der Waals surface area contributed by atoms with E-state index < -0.39 is 0 Å². The molecule has 1 aliphatic carbocycles. The van der Waals surface area contributed by atoms with Crippen molar-refractivity contribution in [2.24, 2.45) is 0 Å². The van der Waals surface area contributed by atoms with Crippen molar-refractivity contribution in [3.05, 3.63) is 40.0 Å². The van der Waals surface area contributed by atoms with E-state index in [1.165, 1.54) is 16.0 Å². The second-order valence-corrected chi connectivity index (χ2v) is 6.96. The molecule has 0 unspecified atom stereocenters. The molecule has 25 heavy (non-hydrogen) atoms. The van der Waals surface area contributed by atoms with Crippen LogP contribution in [0.3, 0.4) is 0 Å². The number of nitrogens with one attached hydrogen (secondary N) is 1. The first kappa shape index (κ1) is 15.6. The number of rotatable bonds is 5. The summed E-state index contributed by atoms with van der Waals surface area (Å²) < 4.78 is 2.84. The Morgan fingerprint density at radius 1 is 1.40 bits per heavy atom. The van der Waals surface area contributed by atoms with Gasteiger partial charge in [0.15, 0.2) is 5.82 Å². The van der Waals surface area contributed by atoms with Crippen molar-refractivity contribution in [3.63, 3.8) is 0 Å². The fourth-order valence-corrected chi connectivity index (χ4v) is 3.13. The lowest BCUT2D eigenvalue weighted by Crippen LogP contribution is -2.30. The molecule has 0 bridgehead atoms. The minimum absolute atomic E-state index is 0.144. The van der Waals surface area contributed by atoms with Crippen LogP contribution < -0.4 is 11.0 Å². The number of hydrogen-bond acceptors (Lipinski definition) is 7. The van der Waals surface area contributed by atoms with E-state index in [9.17, 15) is 9.59 Å². The average molecular weight is 357 g/mol. The van der Waals surface area contributed by atoms with Gasteiger partial charge in [0.2, 0.25) is 11.0 Å². The van der Waals surface area contributed by atoms with Crippen LogP contribution in [0, 0.1) is 6.92 Å². The molecule has 1 aliphatic rings. The quantitative estimate of drug-likeness (QED) is 0.736. The van der Waals surface area contributed by atoms with Crippen LogP contribution in [0.25, 0.3) is 11.4 Å². The van der Waals surface area contributed by atoms with E-state index >= 15 is 0 Å². The van der Waals surface area contributed by atoms with Gasteiger partial charge >= 0.3 is 5.69 Å². The maximum Gasteiger partial charge on any atom is 0.346 e. The molecule has 3 heterocycles. The summed E-state index contributed by atoms with van der Waals surface area (Å²) in [6, 6.07) is 3.79. The molecular weight excluding hydrogens is 342 g/mol. The Labute approximate surface area is 146 Å². The molecule has 0 aliphatic heterocycles. The van der Waals surface area contributed by atoms with Gasteiger partial charge in [-0.25, -0.2) is 9.48 Å². The normalized spacial score (nSPS) is 13.8. The van der Waals surface area contributed by atoms with Crippen molar-refractivity contribution in [2.45, 2.75) is 32.4 Å². The molecule has 0 radical (unpaired) electrons. The Bertz CT molecular complexity index is 971. The lowest BCUT2D eigenvalue weighted by atomic mass is 10.3. The summed E-state index contributed by atoms with van der Waals surface area (Å²) in [4.78, 5) is 28.9. The standard InChI is InChI=1S/C15H15N7O2S/c1-9-18-19-14(25-9)17-12(23)8-21-15(24)22(11-4-5-11)13(20-21)10-3-2-6-16-7-10/h2-3,6-7,11H,4-5,8H2,1H3,(H,17,19,23). The predicted octanol–water partition coefficient (Wildman–Crippen LogP) is 1.24. The van der Waals surface area contributed by atoms with Crippen LogP contribution in [0.15, 0.2) is 29.3 Å². The summed E-state index contributed by atoms with van der Waals surface area (Å²) in [5.74, 6) is 0.177. The molecule has 0 atom stereocenters. The molecule has 3 aromatic rings. The lowest BCUT2D eigenvalue weighted by molar-refractivity contribution is -0.117. The van der Waals surface area contributed by atoms with Gasteiger partial charge in [0.1, 0.15) is 11.6 Å². The zero-order chi connectivity index (χ0) is 17.4. The smallest absolute Gasteiger partial charge is 0.299 e. The minimum atomic E-state index is -0.364. The average Bonchev–Trinajstić information content (AvgIpc) is 3.28. The van der Waals surface area contributed by atoms with E-state index in [1.807, 2.05) is 6.07 Å². The third kappa shape index (κ3) is 3.20. The van der Waals surface area contributed by atoms with Gasteiger partial charge < -0.3 is 0 Å². The van der Waals surface area contributed by atoms with Crippen molar-refractivity contribution in [1.82, 2.24) is 29.5 Å². The number of anilines is 1. The number of aryl methyl sites for hydroxylation is 1. The van der Waals surface area contributed by atoms with Crippen molar-refractivity contribution in [3.8, 4) is 11.4 Å². The maximum atomic E-state index is 12.7. The van der Waals surface area contributed by atoms with Crippen LogP contribution in [-0.4, -0.2) is 35.4 Å². The molecule has 1 amide bonds. The van der Waals surface area contributed by atoms with Crippen LogP contribution in [-0.2, 0) is 11.3 Å². The van der Waals surface area contributed by atoms with Gasteiger partial charge in [-0.2, -0.15) is 0 Å². The Kier molecular flexibility index (Phi) is 3.88. The SMILES string of the molecule is Cc1nnc(NC(=O)Cn2nc(-c3cccnc3)n(C3CC3)c2=O)s1. The van der Waals surface area contributed by atoms with Gasteiger partial charge in [0, 0.05) is 24.0 Å². The van der Waals surface area contributed by atoms with Crippen LogP contribution in [0.4, 0.5) is 5.13 Å². The van der Waals surface area contributed by atoms with E-state index in [-0.39, 0.29) is 24.2 Å². The van der Waals surface area contributed by atoms with Gasteiger partial charge in [0.25, 0.3) is 0 Å². The van der Waals surface area contributed by atoms with E-state index in [0.29, 0.717) is 11.0 Å². The monoisotopic (exact) mass is 357 g/mol. The molecule has 10 heteroatoms. The van der Waals surface area contributed by atoms with E-state index in [4.69, 9.17) is 0 Å². The summed E-state index contributed by atoms with van der Waals surface area (Å²) in [5.41, 5.74) is 0.468. The van der Waals surface area contributed by atoms with Gasteiger partial charge in [-0.1, -0.05) is 11.3 Å². The highest BCUT2D eigenvalue weighted by Crippen LogP contribution is 2.36. The van der Waals surface area contributed by atoms with Crippen LogP contribution in [0.2, 0.25) is 0 Å². The number of nitrogens with zero attached hydrogens (tertiary/aromatic N) is 6. The largest absolute Gasteiger partial charge is 0.346 e. The number of amides is 1. The zero-order valence-corrected chi connectivity index (χ0v) is 14.2. The van der Waals surface area contributed by atoms with Crippen molar-refractivity contribution in [1.29, 1.82) is 0 Å². The number of carbonyl (C=O) groups excluding carboxylic acids is 1. The molecule has 128 valence electrons. The van der Waals surface area contributed by atoms with Crippen molar-refractivity contribution < 1.29 is 4.79 Å². The molecule has 4 rings (SSSR count). The Hall–Kier alpha value is -2.88. The minimum Gasteiger partial charge on any atom is -0.299 e. The molecule has 0 aromatic carbocycles. The van der Waals surface area contributed by atoms with Gasteiger partial charge in [-0.05, 0) is 31.9 Å². The molecule has 0 spiro atoms. The molecule has 9 nitrogen and oxygen atoms in total. The summed E-state index contributed by atoms with van der Waals surface area (Å²) in [6.45, 7) is 1.62. The first-order valence-corrected chi connectivity index (χ1v) is 8.63. The highest BCUT2D eigenvalue weighted by Gasteiger charge is 2.30. The molecular formula is C15H15N7O2S. The summed E-state index contributed by atoms with van der Waals surface area (Å²) >= 11 is 1.28. The van der Waals surface area contributed by atoms with E-state index in [2.05, 4.69) is 25.6 Å². The summed E-state index contributed by atoms with van der Waals surface area (Å²) in [7, 11) is 0. The zero-order valence-electron chi connectivity index (χ0n) is 13.4. The number of pyridine rings is 1. The van der Waals surface area contributed by atoms with Gasteiger partial charge in [0.05, 0.1) is 0 Å². The topological polar surface area (TPSA) is 108 Å². The molecule has 0 saturated heterocycles. The van der Waals surface area contributed by atoms with Gasteiger partial charge in [-0.3, -0.25) is 19.7 Å². The molecule has 3 aromatic heterocycles. The molecule has 1 N–H and O–H groups in total. The molecule has 1 saturated carbocycles. The third-order valence-corrected chi connectivity index (χ3v) is 4.52. The van der Waals surface area contributed by atoms with Gasteiger partial charge in [-0.15, -0.1) is 15.3 Å². The first-order valence-electron chi connectivity index (χ1n) is 7.81. The van der Waals surface area contributed by atoms with Crippen LogP contribution in [0.1, 0.15) is 23.9 Å². The second kappa shape index (κ2) is 6.20. The Morgan fingerprint density at radius 2 is 2.24 bits per heavy atom. The Balaban J connectivity index is 1.62. The lowest BCUT2D eigenvalue weighted by Gasteiger charge is -2.02. The summed E-state index contributed by atoms with van der Waals surface area (Å²) in [5, 5.41) is 15.8. The fraction of sp³-hybridized carbons (Fsp3) is 0.333. The molecule has 1 fully saturated rings. The highest BCUT2D eigenvalue weighted by atomic mass is 32.1. The van der Waals surface area contributed by atoms with E-state index in [1.54, 1.807) is 30.0 Å². The maximum absolute atomic E-state index is 12.7. The summed E-state index contributed by atoms with van der Waals surface area (Å²) in [6.07, 6.45) is 5.21. The van der Waals surface area contributed by atoms with Crippen molar-refractivity contribution >= 4 is 22.4 Å². The second-order valence-electron chi connectivity index (χ2n) is 5.78. The highest BCUT2D eigenvalue weighted by molar-refractivity contribution is 7.15. The number of hydrogen-bond donors (Lipinski definition) is 1. The van der Waals surface area contributed by atoms with Crippen molar-refractivity contribution in [2.75, 3.05) is 5.32 Å². The van der Waals surface area contributed by atoms with E-state index in [0.717, 1.165) is 23.4 Å². The fourth-order valence-electron chi connectivity index (χ4n) is 2.52. The van der Waals surface area contributed by atoms with Crippen LogP contribution >= 0.6 is 11.3 Å².